The fraction of sp³-hybridized carbons (Fsp3) is 0.158. The third-order valence-corrected chi connectivity index (χ3v) is 3.66. The number of H-pyrrole nitrogens is 1. The van der Waals surface area contributed by atoms with Crippen LogP contribution in [-0.2, 0) is 11.2 Å². The van der Waals surface area contributed by atoms with E-state index in [0.29, 0.717) is 11.4 Å². The zero-order valence-corrected chi connectivity index (χ0v) is 13.3. The molecule has 3 rings (SSSR count). The number of amides is 1. The number of hydrogen-bond acceptors (Lipinski definition) is 3. The summed E-state index contributed by atoms with van der Waals surface area (Å²) in [6.45, 7) is 2.08. The Kier molecular flexibility index (Phi) is 4.61. The minimum atomic E-state index is -0.266. The summed E-state index contributed by atoms with van der Waals surface area (Å²) in [6.07, 6.45) is 6.36. The topological polar surface area (TPSA) is 75.1 Å². The SMILES string of the molecule is CCCc1cc(=O)[nH]c2cc(NC(=O)/C=C/c3ccco3)ccc12. The number of benzene rings is 1. The molecule has 0 aliphatic carbocycles. The van der Waals surface area contributed by atoms with Gasteiger partial charge in [0, 0.05) is 23.2 Å². The van der Waals surface area contributed by atoms with E-state index in [-0.39, 0.29) is 11.5 Å². The number of aryl methyl sites for hydroxylation is 1. The van der Waals surface area contributed by atoms with E-state index in [9.17, 15) is 9.59 Å². The molecule has 1 aromatic carbocycles. The summed E-state index contributed by atoms with van der Waals surface area (Å²) in [4.78, 5) is 26.6. The number of aromatic nitrogens is 1. The highest BCUT2D eigenvalue weighted by atomic mass is 16.3. The van der Waals surface area contributed by atoms with Crippen LogP contribution in [0, 0.1) is 0 Å². The summed E-state index contributed by atoms with van der Waals surface area (Å²) >= 11 is 0. The van der Waals surface area contributed by atoms with Gasteiger partial charge >= 0.3 is 0 Å². The van der Waals surface area contributed by atoms with Crippen LogP contribution in [-0.4, -0.2) is 10.9 Å². The van der Waals surface area contributed by atoms with E-state index in [1.807, 2.05) is 12.1 Å². The largest absolute Gasteiger partial charge is 0.465 e. The average molecular weight is 322 g/mol. The van der Waals surface area contributed by atoms with Gasteiger partial charge in [0.05, 0.1) is 11.8 Å². The van der Waals surface area contributed by atoms with Gasteiger partial charge in [-0.25, -0.2) is 0 Å². The van der Waals surface area contributed by atoms with Crippen molar-refractivity contribution in [2.24, 2.45) is 0 Å². The lowest BCUT2D eigenvalue weighted by Gasteiger charge is -2.08. The van der Waals surface area contributed by atoms with Crippen molar-refractivity contribution in [2.75, 3.05) is 5.32 Å². The minimum absolute atomic E-state index is 0.132. The van der Waals surface area contributed by atoms with Gasteiger partial charge in [0.25, 0.3) is 0 Å². The number of nitrogens with one attached hydrogen (secondary N) is 2. The summed E-state index contributed by atoms with van der Waals surface area (Å²) < 4.78 is 5.13. The second-order valence-corrected chi connectivity index (χ2v) is 5.51. The monoisotopic (exact) mass is 322 g/mol. The van der Waals surface area contributed by atoms with E-state index in [0.717, 1.165) is 29.3 Å². The van der Waals surface area contributed by atoms with Crippen LogP contribution in [0.25, 0.3) is 17.0 Å². The van der Waals surface area contributed by atoms with Crippen molar-refractivity contribution in [1.29, 1.82) is 0 Å². The number of hydrogen-bond donors (Lipinski definition) is 2. The first kappa shape index (κ1) is 15.8. The van der Waals surface area contributed by atoms with Crippen LogP contribution in [0.3, 0.4) is 0 Å². The summed E-state index contributed by atoms with van der Waals surface area (Å²) in [7, 11) is 0. The van der Waals surface area contributed by atoms with Gasteiger partial charge in [0.2, 0.25) is 11.5 Å². The molecule has 0 fully saturated rings. The molecule has 1 amide bonds. The van der Waals surface area contributed by atoms with Crippen molar-refractivity contribution in [3.63, 3.8) is 0 Å². The molecule has 122 valence electrons. The third kappa shape index (κ3) is 3.63. The van der Waals surface area contributed by atoms with Crippen molar-refractivity contribution in [3.05, 3.63) is 70.4 Å². The summed E-state index contributed by atoms with van der Waals surface area (Å²) in [5, 5.41) is 3.78. The number of furan rings is 1. The van der Waals surface area contributed by atoms with Crippen molar-refractivity contribution in [1.82, 2.24) is 4.98 Å². The normalized spacial score (nSPS) is 11.2. The Balaban J connectivity index is 1.83. The fourth-order valence-corrected chi connectivity index (χ4v) is 2.61. The van der Waals surface area contributed by atoms with Gasteiger partial charge in [-0.15, -0.1) is 0 Å². The Morgan fingerprint density at radius 2 is 2.17 bits per heavy atom. The maximum Gasteiger partial charge on any atom is 0.248 e. The molecule has 0 saturated carbocycles. The molecule has 0 unspecified atom stereocenters. The predicted octanol–water partition coefficient (Wildman–Crippen LogP) is 3.73. The standard InChI is InChI=1S/C19H18N2O3/c1-2-4-13-11-19(23)21-17-12-14(6-8-16(13)17)20-18(22)9-7-15-5-3-10-24-15/h3,5-12H,2,4H2,1H3,(H,20,22)(H,21,23)/b9-7+. The molecule has 0 aliphatic heterocycles. The highest BCUT2D eigenvalue weighted by Gasteiger charge is 2.05. The summed E-state index contributed by atoms with van der Waals surface area (Å²) in [5.74, 6) is 0.343. The van der Waals surface area contributed by atoms with Crippen LogP contribution in [0.15, 0.2) is 57.9 Å². The van der Waals surface area contributed by atoms with Crippen molar-refractivity contribution < 1.29 is 9.21 Å². The number of fused-ring (bicyclic) bond motifs is 1. The maximum absolute atomic E-state index is 12.0. The second kappa shape index (κ2) is 7.00. The van der Waals surface area contributed by atoms with Gasteiger partial charge in [-0.2, -0.15) is 0 Å². The lowest BCUT2D eigenvalue weighted by molar-refractivity contribution is -0.111. The molecule has 0 spiro atoms. The molecule has 0 saturated heterocycles. The lowest BCUT2D eigenvalue weighted by Crippen LogP contribution is -2.09. The fourth-order valence-electron chi connectivity index (χ4n) is 2.61. The number of carbonyl (C=O) groups is 1. The number of aromatic amines is 1. The van der Waals surface area contributed by atoms with E-state index in [1.54, 1.807) is 36.6 Å². The first-order valence-corrected chi connectivity index (χ1v) is 7.84. The third-order valence-electron chi connectivity index (χ3n) is 3.66. The summed E-state index contributed by atoms with van der Waals surface area (Å²) in [5.41, 5.74) is 2.23. The van der Waals surface area contributed by atoms with Gasteiger partial charge in [-0.05, 0) is 42.3 Å². The Morgan fingerprint density at radius 3 is 2.92 bits per heavy atom. The van der Waals surface area contributed by atoms with Crippen LogP contribution in [0.2, 0.25) is 0 Å². The summed E-state index contributed by atoms with van der Waals surface area (Å²) in [6, 6.07) is 10.7. The van der Waals surface area contributed by atoms with Crippen molar-refractivity contribution in [2.45, 2.75) is 19.8 Å². The molecule has 0 radical (unpaired) electrons. The zero-order chi connectivity index (χ0) is 16.9. The van der Waals surface area contributed by atoms with E-state index < -0.39 is 0 Å². The van der Waals surface area contributed by atoms with Crippen LogP contribution in [0.1, 0.15) is 24.7 Å². The second-order valence-electron chi connectivity index (χ2n) is 5.51. The zero-order valence-electron chi connectivity index (χ0n) is 13.3. The number of rotatable bonds is 5. The maximum atomic E-state index is 12.0. The van der Waals surface area contributed by atoms with E-state index >= 15 is 0 Å². The first-order valence-electron chi connectivity index (χ1n) is 7.84. The highest BCUT2D eigenvalue weighted by molar-refractivity contribution is 6.02. The quantitative estimate of drug-likeness (QED) is 0.703. The molecular weight excluding hydrogens is 304 g/mol. The van der Waals surface area contributed by atoms with Crippen LogP contribution < -0.4 is 10.9 Å². The van der Waals surface area contributed by atoms with Gasteiger partial charge in [-0.1, -0.05) is 19.4 Å². The molecule has 0 bridgehead atoms. The Morgan fingerprint density at radius 1 is 1.29 bits per heavy atom. The molecule has 5 nitrogen and oxygen atoms in total. The first-order chi connectivity index (χ1) is 11.7. The number of anilines is 1. The van der Waals surface area contributed by atoms with Crippen LogP contribution in [0.5, 0.6) is 0 Å². The minimum Gasteiger partial charge on any atom is -0.465 e. The molecule has 0 atom stereocenters. The van der Waals surface area contributed by atoms with Crippen molar-refractivity contribution in [3.8, 4) is 0 Å². The lowest BCUT2D eigenvalue weighted by atomic mass is 10.0. The Bertz CT molecular complexity index is 937. The van der Waals surface area contributed by atoms with Crippen molar-refractivity contribution >= 4 is 28.6 Å². The Labute approximate surface area is 139 Å². The number of pyridine rings is 1. The Hall–Kier alpha value is -3.08. The molecule has 2 aromatic heterocycles. The van der Waals surface area contributed by atoms with Gasteiger partial charge in [-0.3, -0.25) is 9.59 Å². The molecule has 5 heteroatoms. The predicted molar refractivity (Wildman–Crippen MR) is 94.9 cm³/mol. The van der Waals surface area contributed by atoms with E-state index in [4.69, 9.17) is 4.42 Å². The van der Waals surface area contributed by atoms with E-state index in [2.05, 4.69) is 17.2 Å². The smallest absolute Gasteiger partial charge is 0.248 e. The molecule has 2 N–H and O–H groups in total. The van der Waals surface area contributed by atoms with Gasteiger partial charge in [0.1, 0.15) is 5.76 Å². The molecule has 2 heterocycles. The van der Waals surface area contributed by atoms with Gasteiger partial charge in [0.15, 0.2) is 0 Å². The van der Waals surface area contributed by atoms with E-state index in [1.165, 1.54) is 6.08 Å². The molecule has 3 aromatic rings. The molecular formula is C19H18N2O3. The molecule has 24 heavy (non-hydrogen) atoms. The van der Waals surface area contributed by atoms with Crippen LogP contribution in [0.4, 0.5) is 5.69 Å². The number of carbonyl (C=O) groups excluding carboxylic acids is 1. The highest BCUT2D eigenvalue weighted by Crippen LogP contribution is 2.20. The molecule has 0 aliphatic rings. The van der Waals surface area contributed by atoms with Crippen LogP contribution >= 0.6 is 0 Å². The average Bonchev–Trinajstić information content (AvgIpc) is 3.06. The van der Waals surface area contributed by atoms with Gasteiger partial charge < -0.3 is 14.7 Å².